The monoisotopic (exact) mass is 776 g/mol. The van der Waals surface area contributed by atoms with Crippen molar-refractivity contribution in [1.82, 2.24) is 0 Å². The molecule has 0 amide bonds. The lowest BCUT2D eigenvalue weighted by Crippen LogP contribution is -2.29. The Morgan fingerprint density at radius 3 is 1.19 bits per heavy atom. The van der Waals surface area contributed by atoms with Crippen LogP contribution in [0, 0.1) is 0 Å². The highest BCUT2D eigenvalue weighted by atomic mass is 31.2. The van der Waals surface area contributed by atoms with Gasteiger partial charge >= 0.3 is 19.8 Å². The molecule has 0 aromatic heterocycles. The van der Waals surface area contributed by atoms with E-state index in [2.05, 4.69) is 6.92 Å². The van der Waals surface area contributed by atoms with Gasteiger partial charge in [0, 0.05) is 19.4 Å². The van der Waals surface area contributed by atoms with E-state index in [1.807, 2.05) is 6.92 Å². The van der Waals surface area contributed by atoms with Crippen LogP contribution < -0.4 is 5.73 Å². The minimum absolute atomic E-state index is 0.0557. The van der Waals surface area contributed by atoms with Gasteiger partial charge < -0.3 is 20.1 Å². The molecule has 1 unspecified atom stereocenters. The minimum atomic E-state index is -4.34. The Hall–Kier alpha value is -0.990. The van der Waals surface area contributed by atoms with Crippen LogP contribution in [-0.4, -0.2) is 49.3 Å². The Kier molecular flexibility index (Phi) is 39.9. The second kappa shape index (κ2) is 40.7. The molecule has 3 N–H and O–H groups in total. The van der Waals surface area contributed by atoms with Gasteiger partial charge in [0.05, 0.1) is 13.2 Å². The van der Waals surface area contributed by atoms with Crippen LogP contribution in [0.15, 0.2) is 0 Å². The summed E-state index contributed by atoms with van der Waals surface area (Å²) in [7, 11) is -4.34. The average Bonchev–Trinajstić information content (AvgIpc) is 3.14. The Balaban J connectivity index is 3.50. The average molecular weight is 776 g/mol. The maximum atomic E-state index is 12.2. The van der Waals surface area contributed by atoms with Crippen LogP contribution in [0.3, 0.4) is 0 Å². The molecule has 2 atom stereocenters. The second-order valence-electron chi connectivity index (χ2n) is 15.3. The van der Waals surface area contributed by atoms with Crippen LogP contribution in [0.5, 0.6) is 0 Å². The van der Waals surface area contributed by atoms with Gasteiger partial charge in [0.1, 0.15) is 6.61 Å². The van der Waals surface area contributed by atoms with Crippen molar-refractivity contribution < 1.29 is 37.6 Å². The molecule has 0 fully saturated rings. The first-order valence-electron chi connectivity index (χ1n) is 22.5. The van der Waals surface area contributed by atoms with Crippen LogP contribution in [-0.2, 0) is 32.7 Å². The van der Waals surface area contributed by atoms with E-state index >= 15 is 0 Å². The molecule has 0 aromatic rings. The summed E-state index contributed by atoms with van der Waals surface area (Å²) in [5.41, 5.74) is 5.28. The summed E-state index contributed by atoms with van der Waals surface area (Å²) in [6, 6.07) is 0. The zero-order chi connectivity index (χ0) is 38.9. The lowest BCUT2D eigenvalue weighted by atomic mass is 10.0. The van der Waals surface area contributed by atoms with Gasteiger partial charge in [-0.25, -0.2) is 4.57 Å². The minimum Gasteiger partial charge on any atom is -0.462 e. The number of unbranched alkanes of at least 4 members (excludes halogenated alkanes) is 30. The molecule has 0 aromatic carbocycles. The van der Waals surface area contributed by atoms with E-state index in [9.17, 15) is 19.0 Å². The summed E-state index contributed by atoms with van der Waals surface area (Å²) < 4.78 is 32.0. The number of carbonyl (C=O) groups is 2. The van der Waals surface area contributed by atoms with Gasteiger partial charge in [0.15, 0.2) is 6.10 Å². The first kappa shape index (κ1) is 52.0. The zero-order valence-corrected chi connectivity index (χ0v) is 35.7. The molecular weight excluding hydrogens is 689 g/mol. The molecule has 53 heavy (non-hydrogen) atoms. The predicted octanol–water partition coefficient (Wildman–Crippen LogP) is 12.8. The topological polar surface area (TPSA) is 134 Å². The van der Waals surface area contributed by atoms with Gasteiger partial charge in [-0.2, -0.15) is 0 Å². The lowest BCUT2D eigenvalue weighted by molar-refractivity contribution is -0.161. The molecule has 0 rings (SSSR count). The Bertz CT molecular complexity index is 845. The summed E-state index contributed by atoms with van der Waals surface area (Å²) >= 11 is 0. The molecule has 0 heterocycles. The predicted molar refractivity (Wildman–Crippen MR) is 220 cm³/mol. The van der Waals surface area contributed by atoms with E-state index < -0.39 is 26.5 Å². The van der Waals surface area contributed by atoms with Crippen molar-refractivity contribution in [2.45, 2.75) is 238 Å². The molecule has 0 aliphatic carbocycles. The maximum absolute atomic E-state index is 12.2. The van der Waals surface area contributed by atoms with Gasteiger partial charge in [-0.1, -0.05) is 206 Å². The Morgan fingerprint density at radius 2 is 0.849 bits per heavy atom. The molecule has 0 bridgehead atoms. The molecular formula is C43H86NO8P. The maximum Gasteiger partial charge on any atom is 0.472 e. The third-order valence-electron chi connectivity index (χ3n) is 9.96. The normalized spacial score (nSPS) is 13.2. The SMILES string of the molecule is CCCCCCCCCCCCCCCCCCCCCCCCCCCCCCCCCC(=O)OC[C@H](COP(=O)(O)OCCN)OC(=O)CCC. The van der Waals surface area contributed by atoms with E-state index in [1.165, 1.54) is 180 Å². The van der Waals surface area contributed by atoms with Crippen LogP contribution in [0.2, 0.25) is 0 Å². The first-order chi connectivity index (χ1) is 25.8. The number of rotatable bonds is 43. The van der Waals surface area contributed by atoms with Crippen LogP contribution in [0.4, 0.5) is 0 Å². The van der Waals surface area contributed by atoms with Crippen LogP contribution in [0.25, 0.3) is 0 Å². The number of hydrogen-bond donors (Lipinski definition) is 2. The number of ether oxygens (including phenoxy) is 2. The number of hydrogen-bond acceptors (Lipinski definition) is 8. The van der Waals surface area contributed by atoms with E-state index in [0.717, 1.165) is 19.3 Å². The number of phosphoric ester groups is 1. The molecule has 10 heteroatoms. The molecule has 0 radical (unpaired) electrons. The fraction of sp³-hybridized carbons (Fsp3) is 0.953. The van der Waals surface area contributed by atoms with Crippen molar-refractivity contribution >= 4 is 19.8 Å². The van der Waals surface area contributed by atoms with Crippen molar-refractivity contribution in [3.05, 3.63) is 0 Å². The Labute approximate surface area is 327 Å². The van der Waals surface area contributed by atoms with Crippen molar-refractivity contribution in [3.8, 4) is 0 Å². The number of phosphoric acid groups is 1. The van der Waals surface area contributed by atoms with Crippen LogP contribution in [0.1, 0.15) is 232 Å². The first-order valence-corrected chi connectivity index (χ1v) is 24.0. The summed E-state index contributed by atoms with van der Waals surface area (Å²) in [5, 5.41) is 0. The van der Waals surface area contributed by atoms with Gasteiger partial charge in [-0.15, -0.1) is 0 Å². The summed E-state index contributed by atoms with van der Waals surface area (Å²) in [6.07, 6.45) is 42.2. The fourth-order valence-electron chi connectivity index (χ4n) is 6.67. The summed E-state index contributed by atoms with van der Waals surface area (Å²) in [6.45, 7) is 3.36. The van der Waals surface area contributed by atoms with Crippen LogP contribution >= 0.6 is 7.82 Å². The number of esters is 2. The molecule has 0 aliphatic rings. The fourth-order valence-corrected chi connectivity index (χ4v) is 7.44. The third-order valence-corrected chi connectivity index (χ3v) is 10.9. The zero-order valence-electron chi connectivity index (χ0n) is 34.8. The molecule has 0 aliphatic heterocycles. The highest BCUT2D eigenvalue weighted by Crippen LogP contribution is 2.43. The van der Waals surface area contributed by atoms with E-state index in [-0.39, 0.29) is 38.6 Å². The van der Waals surface area contributed by atoms with Crippen molar-refractivity contribution in [2.75, 3.05) is 26.4 Å². The van der Waals surface area contributed by atoms with Gasteiger partial charge in [0.25, 0.3) is 0 Å². The number of nitrogens with two attached hydrogens (primary N) is 1. The van der Waals surface area contributed by atoms with Gasteiger partial charge in [-0.05, 0) is 12.8 Å². The second-order valence-corrected chi connectivity index (χ2v) is 16.7. The molecule has 9 nitrogen and oxygen atoms in total. The van der Waals surface area contributed by atoms with E-state index in [0.29, 0.717) is 6.42 Å². The smallest absolute Gasteiger partial charge is 0.462 e. The quantitative estimate of drug-likeness (QED) is 0.0352. The molecule has 0 saturated heterocycles. The highest BCUT2D eigenvalue weighted by molar-refractivity contribution is 7.47. The Morgan fingerprint density at radius 1 is 0.491 bits per heavy atom. The standard InChI is InChI=1S/C43H86NO8P/c1-3-5-6-7-8-9-10-11-12-13-14-15-16-17-18-19-20-21-22-23-24-25-26-27-28-29-30-31-32-33-34-36-42(45)49-39-41(52-43(46)35-4-2)40-51-53(47,48)50-38-37-44/h41H,3-40,44H2,1-2H3,(H,47,48)/t41-/m1/s1. The van der Waals surface area contributed by atoms with Gasteiger partial charge in [0.2, 0.25) is 0 Å². The summed E-state index contributed by atoms with van der Waals surface area (Å²) in [5.74, 6) is -0.877. The molecule has 316 valence electrons. The lowest BCUT2D eigenvalue weighted by Gasteiger charge is -2.19. The van der Waals surface area contributed by atoms with Crippen molar-refractivity contribution in [3.63, 3.8) is 0 Å². The molecule has 0 saturated carbocycles. The van der Waals surface area contributed by atoms with Crippen molar-refractivity contribution in [2.24, 2.45) is 5.73 Å². The van der Waals surface area contributed by atoms with Gasteiger partial charge in [-0.3, -0.25) is 18.6 Å². The highest BCUT2D eigenvalue weighted by Gasteiger charge is 2.25. The van der Waals surface area contributed by atoms with E-state index in [4.69, 9.17) is 24.3 Å². The summed E-state index contributed by atoms with van der Waals surface area (Å²) in [4.78, 5) is 33.8. The molecule has 0 spiro atoms. The number of carbonyl (C=O) groups excluding carboxylic acids is 2. The largest absolute Gasteiger partial charge is 0.472 e. The third kappa shape index (κ3) is 40.5. The van der Waals surface area contributed by atoms with E-state index in [1.54, 1.807) is 0 Å². The van der Waals surface area contributed by atoms with Crippen molar-refractivity contribution in [1.29, 1.82) is 0 Å².